The number of halogens is 1. The van der Waals surface area contributed by atoms with Gasteiger partial charge in [-0.25, -0.2) is 0 Å². The van der Waals surface area contributed by atoms with Crippen molar-refractivity contribution in [3.8, 4) is 11.5 Å². The van der Waals surface area contributed by atoms with E-state index in [2.05, 4.69) is 10.6 Å². The first kappa shape index (κ1) is 17.6. The molecule has 2 aromatic rings. The third-order valence-corrected chi connectivity index (χ3v) is 3.47. The van der Waals surface area contributed by atoms with Gasteiger partial charge in [0.1, 0.15) is 11.5 Å². The van der Waals surface area contributed by atoms with Crippen LogP contribution < -0.4 is 20.1 Å². The van der Waals surface area contributed by atoms with Crippen molar-refractivity contribution in [1.29, 1.82) is 0 Å². The second-order valence-electron chi connectivity index (χ2n) is 4.81. The van der Waals surface area contributed by atoms with Gasteiger partial charge in [0.05, 0.1) is 25.8 Å². The highest BCUT2D eigenvalue weighted by Gasteiger charge is 2.10. The van der Waals surface area contributed by atoms with Gasteiger partial charge in [0, 0.05) is 11.3 Å². The number of benzene rings is 2. The summed E-state index contributed by atoms with van der Waals surface area (Å²) in [6, 6.07) is 11.5. The summed E-state index contributed by atoms with van der Waals surface area (Å²) >= 11 is 5.99. The molecule has 2 N–H and O–H groups in total. The molecule has 2 rings (SSSR count). The fourth-order valence-electron chi connectivity index (χ4n) is 1.98. The van der Waals surface area contributed by atoms with E-state index in [4.69, 9.17) is 21.1 Å². The van der Waals surface area contributed by atoms with Crippen molar-refractivity contribution in [2.75, 3.05) is 26.1 Å². The first-order valence-corrected chi connectivity index (χ1v) is 7.47. The van der Waals surface area contributed by atoms with E-state index in [1.165, 1.54) is 14.2 Å². The molecular weight excluding hydrogens is 332 g/mol. The molecule has 0 bridgehead atoms. The molecule has 0 aliphatic rings. The Hall–Kier alpha value is -2.73. The lowest BCUT2D eigenvalue weighted by Gasteiger charge is -2.09. The van der Waals surface area contributed by atoms with Crippen molar-refractivity contribution in [3.63, 3.8) is 0 Å². The zero-order valence-corrected chi connectivity index (χ0v) is 14.0. The Kier molecular flexibility index (Phi) is 6.03. The highest BCUT2D eigenvalue weighted by molar-refractivity contribution is 6.32. The smallest absolute Gasteiger partial charge is 0.251 e. The fraction of sp³-hybridized carbons (Fsp3) is 0.176. The maximum absolute atomic E-state index is 12.0. The Morgan fingerprint density at radius 3 is 2.54 bits per heavy atom. The van der Waals surface area contributed by atoms with Gasteiger partial charge in [0.2, 0.25) is 5.91 Å². The lowest BCUT2D eigenvalue weighted by Crippen LogP contribution is -2.32. The van der Waals surface area contributed by atoms with Gasteiger partial charge in [-0.15, -0.1) is 0 Å². The van der Waals surface area contributed by atoms with Gasteiger partial charge in [-0.05, 0) is 36.4 Å². The standard InChI is InChI=1S/C17H17ClN2O4/c1-23-13-5-3-4-11(8-13)17(22)19-10-16(21)20-12-6-7-15(24-2)14(18)9-12/h3-9H,10H2,1-2H3,(H,19,22)(H,20,21). The SMILES string of the molecule is COc1cccc(C(=O)NCC(=O)Nc2ccc(OC)c(Cl)c2)c1. The van der Waals surface area contributed by atoms with Crippen LogP contribution in [0.25, 0.3) is 0 Å². The van der Waals surface area contributed by atoms with Crippen molar-refractivity contribution < 1.29 is 19.1 Å². The molecule has 0 fully saturated rings. The van der Waals surface area contributed by atoms with Gasteiger partial charge in [-0.1, -0.05) is 17.7 Å². The largest absolute Gasteiger partial charge is 0.497 e. The predicted molar refractivity (Wildman–Crippen MR) is 92.0 cm³/mol. The number of nitrogens with one attached hydrogen (secondary N) is 2. The third-order valence-electron chi connectivity index (χ3n) is 3.18. The van der Waals surface area contributed by atoms with Gasteiger partial charge in [0.15, 0.2) is 0 Å². The van der Waals surface area contributed by atoms with Crippen LogP contribution in [0, 0.1) is 0 Å². The highest BCUT2D eigenvalue weighted by Crippen LogP contribution is 2.27. The number of hydrogen-bond acceptors (Lipinski definition) is 4. The molecular formula is C17H17ClN2O4. The molecule has 0 saturated heterocycles. The van der Waals surface area contributed by atoms with E-state index in [9.17, 15) is 9.59 Å². The average Bonchev–Trinajstić information content (AvgIpc) is 2.60. The van der Waals surface area contributed by atoms with E-state index < -0.39 is 0 Å². The Balaban J connectivity index is 1.90. The van der Waals surface area contributed by atoms with Crippen LogP contribution in [0.1, 0.15) is 10.4 Å². The minimum atomic E-state index is -0.368. The molecule has 0 aliphatic carbocycles. The molecule has 0 spiro atoms. The summed E-state index contributed by atoms with van der Waals surface area (Å²) in [7, 11) is 3.03. The van der Waals surface area contributed by atoms with Crippen molar-refractivity contribution in [2.24, 2.45) is 0 Å². The topological polar surface area (TPSA) is 76.7 Å². The van der Waals surface area contributed by atoms with Crippen LogP contribution >= 0.6 is 11.6 Å². The minimum Gasteiger partial charge on any atom is -0.497 e. The second kappa shape index (κ2) is 8.21. The molecule has 6 nitrogen and oxygen atoms in total. The molecule has 0 heterocycles. The highest BCUT2D eigenvalue weighted by atomic mass is 35.5. The zero-order chi connectivity index (χ0) is 17.5. The summed E-state index contributed by atoms with van der Waals surface area (Å²) in [6.45, 7) is -0.167. The quantitative estimate of drug-likeness (QED) is 0.841. The molecule has 24 heavy (non-hydrogen) atoms. The van der Waals surface area contributed by atoms with E-state index in [1.807, 2.05) is 0 Å². The monoisotopic (exact) mass is 348 g/mol. The maximum Gasteiger partial charge on any atom is 0.251 e. The molecule has 2 amide bonds. The number of hydrogen-bond donors (Lipinski definition) is 2. The minimum absolute atomic E-state index is 0.167. The van der Waals surface area contributed by atoms with Crippen molar-refractivity contribution in [3.05, 3.63) is 53.1 Å². The molecule has 0 aromatic heterocycles. The molecule has 7 heteroatoms. The third kappa shape index (κ3) is 4.63. The number of anilines is 1. The van der Waals surface area contributed by atoms with Crippen molar-refractivity contribution in [2.45, 2.75) is 0 Å². The number of carbonyl (C=O) groups excluding carboxylic acids is 2. The molecule has 2 aromatic carbocycles. The molecule has 0 aliphatic heterocycles. The number of ether oxygens (including phenoxy) is 2. The van der Waals surface area contributed by atoms with Gasteiger partial charge < -0.3 is 20.1 Å². The van der Waals surface area contributed by atoms with Crippen LogP contribution in [0.5, 0.6) is 11.5 Å². The average molecular weight is 349 g/mol. The molecule has 0 unspecified atom stereocenters. The van der Waals surface area contributed by atoms with Crippen LogP contribution in [0.4, 0.5) is 5.69 Å². The summed E-state index contributed by atoms with van der Waals surface area (Å²) in [4.78, 5) is 23.9. The van der Waals surface area contributed by atoms with Gasteiger partial charge >= 0.3 is 0 Å². The Morgan fingerprint density at radius 2 is 1.88 bits per heavy atom. The fourth-order valence-corrected chi connectivity index (χ4v) is 2.23. The van der Waals surface area contributed by atoms with Crippen LogP contribution in [0.2, 0.25) is 5.02 Å². The van der Waals surface area contributed by atoms with Gasteiger partial charge in [-0.2, -0.15) is 0 Å². The summed E-state index contributed by atoms with van der Waals surface area (Å²) < 4.78 is 10.1. The normalized spacial score (nSPS) is 9.96. The van der Waals surface area contributed by atoms with E-state index >= 15 is 0 Å². The summed E-state index contributed by atoms with van der Waals surface area (Å²) in [5.41, 5.74) is 0.927. The lowest BCUT2D eigenvalue weighted by atomic mass is 10.2. The second-order valence-corrected chi connectivity index (χ2v) is 5.22. The first-order chi connectivity index (χ1) is 11.5. The van der Waals surface area contributed by atoms with E-state index in [1.54, 1.807) is 42.5 Å². The number of methoxy groups -OCH3 is 2. The van der Waals surface area contributed by atoms with Crippen LogP contribution in [0.15, 0.2) is 42.5 Å². The summed E-state index contributed by atoms with van der Waals surface area (Å²) in [6.07, 6.45) is 0. The van der Waals surface area contributed by atoms with E-state index in [0.717, 1.165) is 0 Å². The van der Waals surface area contributed by atoms with Crippen molar-refractivity contribution >= 4 is 29.1 Å². The van der Waals surface area contributed by atoms with E-state index in [0.29, 0.717) is 27.8 Å². The van der Waals surface area contributed by atoms with Crippen molar-refractivity contribution in [1.82, 2.24) is 5.32 Å². The maximum atomic E-state index is 12.0. The van der Waals surface area contributed by atoms with Crippen LogP contribution in [-0.4, -0.2) is 32.6 Å². The molecule has 126 valence electrons. The Bertz CT molecular complexity index is 749. The number of carbonyl (C=O) groups is 2. The number of rotatable bonds is 6. The Morgan fingerprint density at radius 1 is 1.08 bits per heavy atom. The molecule has 0 radical (unpaired) electrons. The van der Waals surface area contributed by atoms with Gasteiger partial charge in [0.25, 0.3) is 5.91 Å². The molecule has 0 atom stereocenters. The molecule has 0 saturated carbocycles. The van der Waals surface area contributed by atoms with Crippen LogP contribution in [-0.2, 0) is 4.79 Å². The number of amides is 2. The Labute approximate surface area is 144 Å². The first-order valence-electron chi connectivity index (χ1n) is 7.09. The zero-order valence-electron chi connectivity index (χ0n) is 13.3. The summed E-state index contributed by atoms with van der Waals surface area (Å²) in [5, 5.41) is 5.57. The van der Waals surface area contributed by atoms with E-state index in [-0.39, 0.29) is 18.4 Å². The predicted octanol–water partition coefficient (Wildman–Crippen LogP) is 2.73. The summed E-state index contributed by atoms with van der Waals surface area (Å²) in [5.74, 6) is 0.352. The van der Waals surface area contributed by atoms with Gasteiger partial charge in [-0.3, -0.25) is 9.59 Å². The van der Waals surface area contributed by atoms with Crippen LogP contribution in [0.3, 0.4) is 0 Å². The lowest BCUT2D eigenvalue weighted by molar-refractivity contribution is -0.115.